The normalized spacial score (nSPS) is 10.2. The zero-order valence-electron chi connectivity index (χ0n) is 7.73. The third-order valence-electron chi connectivity index (χ3n) is 2.13. The third-order valence-corrected chi connectivity index (χ3v) is 2.13. The molecule has 1 heteroatoms. The molecule has 0 unspecified atom stereocenters. The maximum Gasteiger partial charge on any atom is 0.0407 e. The quantitative estimate of drug-likeness (QED) is 0.598. The lowest BCUT2D eigenvalue weighted by Crippen LogP contribution is -1.95. The zero-order valence-corrected chi connectivity index (χ0v) is 7.73. The van der Waals surface area contributed by atoms with Crippen LogP contribution >= 0.6 is 0 Å². The summed E-state index contributed by atoms with van der Waals surface area (Å²) in [5.41, 5.74) is 5.07. The van der Waals surface area contributed by atoms with Crippen LogP contribution in [0.5, 0.6) is 0 Å². The molecule has 0 aliphatic rings. The molecule has 0 aromatic carbocycles. The first-order valence-corrected chi connectivity index (χ1v) is 4.09. The van der Waals surface area contributed by atoms with Gasteiger partial charge >= 0.3 is 0 Å². The van der Waals surface area contributed by atoms with Crippen molar-refractivity contribution in [1.29, 1.82) is 0 Å². The van der Waals surface area contributed by atoms with Crippen LogP contribution in [0.3, 0.4) is 0 Å². The van der Waals surface area contributed by atoms with Crippen molar-refractivity contribution in [2.24, 2.45) is 0 Å². The smallest absolute Gasteiger partial charge is 0.0407 e. The highest BCUT2D eigenvalue weighted by atomic mass is 14.7. The molecule has 0 saturated heterocycles. The first kappa shape index (κ1) is 8.25. The van der Waals surface area contributed by atoms with E-state index in [-0.39, 0.29) is 0 Å². The summed E-state index contributed by atoms with van der Waals surface area (Å²) in [5.74, 6) is 0. The van der Waals surface area contributed by atoms with E-state index >= 15 is 0 Å². The number of nitrogens with zero attached hydrogens (tertiary/aromatic N) is 1. The molecule has 0 bridgehead atoms. The van der Waals surface area contributed by atoms with Crippen LogP contribution in [0.25, 0.3) is 0 Å². The average Bonchev–Trinajstić information content (AvgIpc) is 1.96. The minimum atomic E-state index is 1.11. The van der Waals surface area contributed by atoms with Gasteiger partial charge in [0.25, 0.3) is 0 Å². The Labute approximate surface area is 68.5 Å². The van der Waals surface area contributed by atoms with Crippen molar-refractivity contribution in [3.05, 3.63) is 28.6 Å². The Morgan fingerprint density at radius 1 is 1.27 bits per heavy atom. The van der Waals surface area contributed by atoms with E-state index in [0.29, 0.717) is 0 Å². The van der Waals surface area contributed by atoms with Gasteiger partial charge in [0, 0.05) is 11.4 Å². The number of aryl methyl sites for hydroxylation is 3. The van der Waals surface area contributed by atoms with Gasteiger partial charge in [-0.3, -0.25) is 4.98 Å². The van der Waals surface area contributed by atoms with Crippen LogP contribution < -0.4 is 0 Å². The minimum absolute atomic E-state index is 1.11. The Balaban J connectivity index is 3.24. The molecule has 11 heavy (non-hydrogen) atoms. The first-order chi connectivity index (χ1) is 5.15. The SMILES string of the molecule is CCc1cc(C)nc(C)c1C. The predicted octanol–water partition coefficient (Wildman–Crippen LogP) is 2.57. The van der Waals surface area contributed by atoms with Gasteiger partial charge in [-0.15, -0.1) is 0 Å². The fourth-order valence-electron chi connectivity index (χ4n) is 1.34. The zero-order chi connectivity index (χ0) is 8.43. The number of hydrogen-bond acceptors (Lipinski definition) is 1. The van der Waals surface area contributed by atoms with Gasteiger partial charge in [-0.1, -0.05) is 6.92 Å². The summed E-state index contributed by atoms with van der Waals surface area (Å²) in [4.78, 5) is 4.38. The maximum absolute atomic E-state index is 4.38. The third kappa shape index (κ3) is 1.59. The summed E-state index contributed by atoms with van der Waals surface area (Å²) in [6.07, 6.45) is 1.11. The molecule has 0 spiro atoms. The standard InChI is InChI=1S/C10H15N/c1-5-10-6-7(2)11-9(4)8(10)3/h6H,5H2,1-4H3. The summed E-state index contributed by atoms with van der Waals surface area (Å²) in [7, 11) is 0. The highest BCUT2D eigenvalue weighted by molar-refractivity contribution is 5.30. The van der Waals surface area contributed by atoms with Crippen molar-refractivity contribution in [3.8, 4) is 0 Å². The lowest BCUT2D eigenvalue weighted by molar-refractivity contribution is 1.01. The Kier molecular flexibility index (Phi) is 2.28. The Morgan fingerprint density at radius 3 is 2.45 bits per heavy atom. The van der Waals surface area contributed by atoms with Gasteiger partial charge in [0.05, 0.1) is 0 Å². The van der Waals surface area contributed by atoms with E-state index in [0.717, 1.165) is 12.1 Å². The van der Waals surface area contributed by atoms with Crippen LogP contribution in [-0.4, -0.2) is 4.98 Å². The van der Waals surface area contributed by atoms with Crippen LogP contribution in [0.4, 0.5) is 0 Å². The Morgan fingerprint density at radius 2 is 1.91 bits per heavy atom. The molecule has 1 nitrogen and oxygen atoms in total. The molecular weight excluding hydrogens is 134 g/mol. The van der Waals surface area contributed by atoms with Gasteiger partial charge in [0.1, 0.15) is 0 Å². The van der Waals surface area contributed by atoms with Crippen LogP contribution in [0, 0.1) is 20.8 Å². The van der Waals surface area contributed by atoms with Crippen molar-refractivity contribution in [2.75, 3.05) is 0 Å². The van der Waals surface area contributed by atoms with Crippen molar-refractivity contribution in [3.63, 3.8) is 0 Å². The van der Waals surface area contributed by atoms with Crippen molar-refractivity contribution < 1.29 is 0 Å². The molecule has 1 aromatic rings. The number of hydrogen-bond donors (Lipinski definition) is 0. The summed E-state index contributed by atoms with van der Waals surface area (Å²) >= 11 is 0. The molecule has 0 aliphatic heterocycles. The van der Waals surface area contributed by atoms with E-state index in [4.69, 9.17) is 0 Å². The van der Waals surface area contributed by atoms with Gasteiger partial charge in [-0.25, -0.2) is 0 Å². The highest BCUT2D eigenvalue weighted by Gasteiger charge is 2.00. The van der Waals surface area contributed by atoms with Crippen LogP contribution in [-0.2, 0) is 6.42 Å². The fraction of sp³-hybridized carbons (Fsp3) is 0.500. The molecular formula is C10H15N. The topological polar surface area (TPSA) is 12.9 Å². The molecule has 0 radical (unpaired) electrons. The molecule has 0 N–H and O–H groups in total. The fourth-order valence-corrected chi connectivity index (χ4v) is 1.34. The lowest BCUT2D eigenvalue weighted by atomic mass is 10.1. The van der Waals surface area contributed by atoms with Crippen molar-refractivity contribution in [2.45, 2.75) is 34.1 Å². The number of pyridine rings is 1. The van der Waals surface area contributed by atoms with Crippen LogP contribution in [0.2, 0.25) is 0 Å². The van der Waals surface area contributed by atoms with Gasteiger partial charge in [-0.05, 0) is 44.4 Å². The second-order valence-corrected chi connectivity index (χ2v) is 2.99. The molecule has 1 rings (SSSR count). The van der Waals surface area contributed by atoms with E-state index in [2.05, 4.69) is 31.8 Å². The van der Waals surface area contributed by atoms with Gasteiger partial charge in [0.15, 0.2) is 0 Å². The summed E-state index contributed by atoms with van der Waals surface area (Å²) in [5, 5.41) is 0. The van der Waals surface area contributed by atoms with Crippen LogP contribution in [0.1, 0.15) is 29.4 Å². The predicted molar refractivity (Wildman–Crippen MR) is 47.8 cm³/mol. The van der Waals surface area contributed by atoms with E-state index in [1.807, 2.05) is 6.92 Å². The van der Waals surface area contributed by atoms with E-state index in [1.165, 1.54) is 16.8 Å². The summed E-state index contributed by atoms with van der Waals surface area (Å²) < 4.78 is 0. The second kappa shape index (κ2) is 3.04. The second-order valence-electron chi connectivity index (χ2n) is 2.99. The molecule has 60 valence electrons. The molecule has 0 atom stereocenters. The van der Waals surface area contributed by atoms with E-state index in [9.17, 15) is 0 Å². The van der Waals surface area contributed by atoms with Crippen molar-refractivity contribution in [1.82, 2.24) is 4.98 Å². The highest BCUT2D eigenvalue weighted by Crippen LogP contribution is 2.12. The molecule has 0 saturated carbocycles. The largest absolute Gasteiger partial charge is 0.258 e. The molecule has 0 amide bonds. The van der Waals surface area contributed by atoms with Gasteiger partial charge < -0.3 is 0 Å². The minimum Gasteiger partial charge on any atom is -0.258 e. The summed E-state index contributed by atoms with van der Waals surface area (Å²) in [6, 6.07) is 2.17. The molecule has 1 aromatic heterocycles. The van der Waals surface area contributed by atoms with Gasteiger partial charge in [-0.2, -0.15) is 0 Å². The number of aromatic nitrogens is 1. The lowest BCUT2D eigenvalue weighted by Gasteiger charge is -2.06. The Bertz CT molecular complexity index is 264. The van der Waals surface area contributed by atoms with Crippen LogP contribution in [0.15, 0.2) is 6.07 Å². The average molecular weight is 149 g/mol. The molecule has 0 fully saturated rings. The van der Waals surface area contributed by atoms with Crippen molar-refractivity contribution >= 4 is 0 Å². The van der Waals surface area contributed by atoms with E-state index < -0.39 is 0 Å². The first-order valence-electron chi connectivity index (χ1n) is 4.09. The van der Waals surface area contributed by atoms with E-state index in [1.54, 1.807) is 0 Å². The Hall–Kier alpha value is -0.850. The summed E-state index contributed by atoms with van der Waals surface area (Å²) in [6.45, 7) is 8.44. The van der Waals surface area contributed by atoms with Gasteiger partial charge in [0.2, 0.25) is 0 Å². The molecule has 1 heterocycles. The maximum atomic E-state index is 4.38. The monoisotopic (exact) mass is 149 g/mol. The number of rotatable bonds is 1. The molecule has 0 aliphatic carbocycles.